The summed E-state index contributed by atoms with van der Waals surface area (Å²) in [6.07, 6.45) is 1.27. The normalized spacial score (nSPS) is 10.5. The van der Waals surface area contributed by atoms with E-state index in [0.29, 0.717) is 16.9 Å². The van der Waals surface area contributed by atoms with Gasteiger partial charge >= 0.3 is 11.9 Å². The number of anilines is 1. The summed E-state index contributed by atoms with van der Waals surface area (Å²) in [5.74, 6) is -2.33. The van der Waals surface area contributed by atoms with E-state index in [1.165, 1.54) is 38.6 Å². The van der Waals surface area contributed by atoms with Crippen molar-refractivity contribution < 1.29 is 28.2 Å². The number of halogens is 2. The Morgan fingerprint density at radius 2 is 1.69 bits per heavy atom. The first kappa shape index (κ1) is 23.0. The van der Waals surface area contributed by atoms with E-state index in [1.54, 1.807) is 35.9 Å². The lowest BCUT2D eigenvalue weighted by Gasteiger charge is -2.10. The highest BCUT2D eigenvalue weighted by molar-refractivity contribution is 6.31. The Labute approximate surface area is 188 Å². The SMILES string of the molecule is COC(=O)c1cn(C)c(-c2ccc(NC(=O)Cc3c(F)cccc3Cl)cc2)c1C(=O)OC. The van der Waals surface area contributed by atoms with Crippen LogP contribution in [0.25, 0.3) is 11.3 Å². The molecule has 0 aliphatic rings. The molecule has 0 fully saturated rings. The first-order chi connectivity index (χ1) is 15.3. The number of aromatic nitrogens is 1. The van der Waals surface area contributed by atoms with Gasteiger partial charge in [0.15, 0.2) is 0 Å². The summed E-state index contributed by atoms with van der Waals surface area (Å²) in [6.45, 7) is 0. The van der Waals surface area contributed by atoms with Crippen molar-refractivity contribution in [1.82, 2.24) is 4.57 Å². The van der Waals surface area contributed by atoms with Crippen LogP contribution in [0.15, 0.2) is 48.7 Å². The minimum absolute atomic E-state index is 0.0767. The molecule has 3 aromatic rings. The molecule has 1 N–H and O–H groups in total. The number of carbonyl (C=O) groups is 3. The number of nitrogens with zero attached hydrogens (tertiary/aromatic N) is 1. The molecule has 1 aromatic heterocycles. The molecule has 0 atom stereocenters. The summed E-state index contributed by atoms with van der Waals surface area (Å²) < 4.78 is 25.1. The molecule has 3 rings (SSSR count). The maximum atomic E-state index is 13.9. The van der Waals surface area contributed by atoms with E-state index in [2.05, 4.69) is 5.32 Å². The zero-order chi connectivity index (χ0) is 23.4. The third kappa shape index (κ3) is 4.65. The standard InChI is InChI=1S/C23H20ClFN2O5/c1-27-12-16(22(29)31-2)20(23(30)32-3)21(27)13-7-9-14(10-8-13)26-19(28)11-15-17(24)5-4-6-18(15)25/h4-10,12H,11H2,1-3H3,(H,26,28). The Bertz CT molecular complexity index is 1170. The summed E-state index contributed by atoms with van der Waals surface area (Å²) >= 11 is 5.97. The highest BCUT2D eigenvalue weighted by atomic mass is 35.5. The van der Waals surface area contributed by atoms with Crippen LogP contribution in [0.3, 0.4) is 0 Å². The van der Waals surface area contributed by atoms with Gasteiger partial charge in [0.05, 0.1) is 37.5 Å². The van der Waals surface area contributed by atoms with Crippen molar-refractivity contribution in [3.63, 3.8) is 0 Å². The van der Waals surface area contributed by atoms with Gasteiger partial charge in [0.1, 0.15) is 5.82 Å². The lowest BCUT2D eigenvalue weighted by molar-refractivity contribution is -0.115. The monoisotopic (exact) mass is 458 g/mol. The van der Waals surface area contributed by atoms with Crippen molar-refractivity contribution in [2.45, 2.75) is 6.42 Å². The van der Waals surface area contributed by atoms with E-state index in [1.807, 2.05) is 0 Å². The maximum Gasteiger partial charge on any atom is 0.340 e. The molecule has 166 valence electrons. The van der Waals surface area contributed by atoms with Gasteiger partial charge in [0.2, 0.25) is 5.91 Å². The van der Waals surface area contributed by atoms with Gasteiger partial charge in [0.25, 0.3) is 0 Å². The van der Waals surface area contributed by atoms with E-state index in [9.17, 15) is 18.8 Å². The molecule has 0 radical (unpaired) electrons. The minimum atomic E-state index is -0.680. The molecule has 32 heavy (non-hydrogen) atoms. The Kier molecular flexibility index (Phi) is 6.95. The first-order valence-corrected chi connectivity index (χ1v) is 9.83. The van der Waals surface area contributed by atoms with Crippen LogP contribution in [0, 0.1) is 5.82 Å². The van der Waals surface area contributed by atoms with Crippen molar-refractivity contribution in [1.29, 1.82) is 0 Å². The van der Waals surface area contributed by atoms with E-state index < -0.39 is 23.7 Å². The topological polar surface area (TPSA) is 86.6 Å². The molecule has 0 aliphatic carbocycles. The number of benzene rings is 2. The van der Waals surface area contributed by atoms with Gasteiger partial charge in [0, 0.05) is 29.5 Å². The van der Waals surface area contributed by atoms with E-state index >= 15 is 0 Å². The molecule has 0 unspecified atom stereocenters. The second kappa shape index (κ2) is 9.65. The van der Waals surface area contributed by atoms with Crippen LogP contribution in [0.5, 0.6) is 0 Å². The van der Waals surface area contributed by atoms with Crippen LogP contribution in [0.2, 0.25) is 5.02 Å². The number of amides is 1. The van der Waals surface area contributed by atoms with Crippen molar-refractivity contribution in [2.24, 2.45) is 7.05 Å². The summed E-state index contributed by atoms with van der Waals surface area (Å²) in [6, 6.07) is 10.8. The number of carbonyl (C=O) groups excluding carboxylic acids is 3. The summed E-state index contributed by atoms with van der Waals surface area (Å²) in [7, 11) is 4.13. The number of aryl methyl sites for hydroxylation is 1. The molecule has 9 heteroatoms. The molecule has 2 aromatic carbocycles. The van der Waals surface area contributed by atoms with E-state index in [-0.39, 0.29) is 28.1 Å². The molecule has 0 aliphatic heterocycles. The predicted octanol–water partition coefficient (Wildman–Crippen LogP) is 4.24. The van der Waals surface area contributed by atoms with Gasteiger partial charge in [-0.2, -0.15) is 0 Å². The quantitative estimate of drug-likeness (QED) is 0.558. The summed E-state index contributed by atoms with van der Waals surface area (Å²) in [5.41, 5.74) is 1.80. The fourth-order valence-corrected chi connectivity index (χ4v) is 3.56. The Morgan fingerprint density at radius 3 is 2.28 bits per heavy atom. The molecule has 1 amide bonds. The molecule has 0 spiro atoms. The van der Waals surface area contributed by atoms with Crippen LogP contribution in [0.4, 0.5) is 10.1 Å². The van der Waals surface area contributed by atoms with Crippen LogP contribution < -0.4 is 5.32 Å². The van der Waals surface area contributed by atoms with Crippen molar-refractivity contribution >= 4 is 35.1 Å². The number of hydrogen-bond donors (Lipinski definition) is 1. The number of ether oxygens (including phenoxy) is 2. The number of nitrogens with one attached hydrogen (secondary N) is 1. The maximum absolute atomic E-state index is 13.9. The van der Waals surface area contributed by atoms with Crippen LogP contribution in [-0.4, -0.2) is 36.6 Å². The third-order valence-corrected chi connectivity index (χ3v) is 5.17. The second-order valence-corrected chi connectivity index (χ2v) is 7.27. The lowest BCUT2D eigenvalue weighted by atomic mass is 10.0. The molecule has 7 nitrogen and oxygen atoms in total. The number of rotatable bonds is 6. The van der Waals surface area contributed by atoms with Gasteiger partial charge in [-0.3, -0.25) is 4.79 Å². The van der Waals surface area contributed by atoms with Gasteiger partial charge in [-0.1, -0.05) is 29.8 Å². The molecule has 1 heterocycles. The molecule has 0 bridgehead atoms. The molecular formula is C23H20ClFN2O5. The van der Waals surface area contributed by atoms with Gasteiger partial charge in [-0.15, -0.1) is 0 Å². The van der Waals surface area contributed by atoms with Crippen LogP contribution >= 0.6 is 11.6 Å². The third-order valence-electron chi connectivity index (χ3n) is 4.82. The zero-order valence-corrected chi connectivity index (χ0v) is 18.3. The highest BCUT2D eigenvalue weighted by Gasteiger charge is 2.27. The first-order valence-electron chi connectivity index (χ1n) is 9.46. The summed E-state index contributed by atoms with van der Waals surface area (Å²) in [5, 5.41) is 2.86. The number of methoxy groups -OCH3 is 2. The lowest BCUT2D eigenvalue weighted by Crippen LogP contribution is -2.15. The van der Waals surface area contributed by atoms with Crippen LogP contribution in [0.1, 0.15) is 26.3 Å². The van der Waals surface area contributed by atoms with Crippen LogP contribution in [-0.2, 0) is 27.7 Å². The molecule has 0 saturated carbocycles. The number of hydrogen-bond acceptors (Lipinski definition) is 5. The fraction of sp³-hybridized carbons (Fsp3) is 0.174. The van der Waals surface area contributed by atoms with Crippen molar-refractivity contribution in [3.8, 4) is 11.3 Å². The largest absolute Gasteiger partial charge is 0.465 e. The van der Waals surface area contributed by atoms with Gasteiger partial charge in [-0.05, 0) is 29.8 Å². The zero-order valence-electron chi connectivity index (χ0n) is 17.6. The van der Waals surface area contributed by atoms with Crippen molar-refractivity contribution in [3.05, 3.63) is 76.2 Å². The molecule has 0 saturated heterocycles. The smallest absolute Gasteiger partial charge is 0.340 e. The predicted molar refractivity (Wildman–Crippen MR) is 117 cm³/mol. The van der Waals surface area contributed by atoms with E-state index in [4.69, 9.17) is 21.1 Å². The van der Waals surface area contributed by atoms with Gasteiger partial charge < -0.3 is 19.4 Å². The Balaban J connectivity index is 1.86. The number of esters is 2. The Morgan fingerprint density at radius 1 is 1.03 bits per heavy atom. The summed E-state index contributed by atoms with van der Waals surface area (Å²) in [4.78, 5) is 36.8. The average Bonchev–Trinajstić information content (AvgIpc) is 3.13. The Hall–Kier alpha value is -3.65. The van der Waals surface area contributed by atoms with Gasteiger partial charge in [-0.25, -0.2) is 14.0 Å². The van der Waals surface area contributed by atoms with E-state index in [0.717, 1.165) is 0 Å². The average molecular weight is 459 g/mol. The highest BCUT2D eigenvalue weighted by Crippen LogP contribution is 2.30. The molecular weight excluding hydrogens is 439 g/mol. The van der Waals surface area contributed by atoms with Crippen molar-refractivity contribution in [2.75, 3.05) is 19.5 Å². The fourth-order valence-electron chi connectivity index (χ4n) is 3.33. The second-order valence-electron chi connectivity index (χ2n) is 6.86. The minimum Gasteiger partial charge on any atom is -0.465 e.